The fourth-order valence-corrected chi connectivity index (χ4v) is 2.75. The summed E-state index contributed by atoms with van der Waals surface area (Å²) in [6, 6.07) is 22.9. The van der Waals surface area contributed by atoms with Crippen LogP contribution in [0.2, 0.25) is 0 Å². The lowest BCUT2D eigenvalue weighted by molar-refractivity contribution is 1.37. The molecule has 0 unspecified atom stereocenters. The lowest BCUT2D eigenvalue weighted by Gasteiger charge is -2.10. The van der Waals surface area contributed by atoms with E-state index in [0.29, 0.717) is 0 Å². The summed E-state index contributed by atoms with van der Waals surface area (Å²) in [7, 11) is 0. The van der Waals surface area contributed by atoms with Gasteiger partial charge in [-0.3, -0.25) is 0 Å². The van der Waals surface area contributed by atoms with E-state index in [1.165, 1.54) is 11.1 Å². The van der Waals surface area contributed by atoms with Crippen molar-refractivity contribution in [2.75, 3.05) is 5.32 Å². The molecular formula is C22H19N. The predicted octanol–water partition coefficient (Wildman–Crippen LogP) is 5.70. The first-order valence-corrected chi connectivity index (χ1v) is 7.66. The van der Waals surface area contributed by atoms with E-state index in [0.717, 1.165) is 28.1 Å². The van der Waals surface area contributed by atoms with E-state index in [9.17, 15) is 0 Å². The summed E-state index contributed by atoms with van der Waals surface area (Å²) in [6.07, 6.45) is 5.47. The highest BCUT2D eigenvalue weighted by molar-refractivity contribution is 5.69. The van der Waals surface area contributed by atoms with E-state index in [1.807, 2.05) is 18.2 Å². The summed E-state index contributed by atoms with van der Waals surface area (Å²) >= 11 is 0. The number of anilines is 2. The minimum Gasteiger partial charge on any atom is -0.356 e. The molecule has 0 aliphatic carbocycles. The van der Waals surface area contributed by atoms with Crippen molar-refractivity contribution >= 4 is 11.4 Å². The number of hydrogen-bond donors (Lipinski definition) is 1. The highest BCUT2D eigenvalue weighted by Crippen LogP contribution is 2.24. The van der Waals surface area contributed by atoms with Gasteiger partial charge in [0.1, 0.15) is 0 Å². The number of nitrogens with one attached hydrogen (secondary N) is 1. The normalized spacial score (nSPS) is 10.1. The molecule has 112 valence electrons. The van der Waals surface area contributed by atoms with Crippen LogP contribution in [0.5, 0.6) is 0 Å². The highest BCUT2D eigenvalue weighted by Gasteiger charge is 2.01. The molecular weight excluding hydrogens is 278 g/mol. The third-order valence-electron chi connectivity index (χ3n) is 3.76. The zero-order chi connectivity index (χ0) is 16.2. The van der Waals surface area contributed by atoms with Crippen LogP contribution in [0.15, 0.2) is 66.7 Å². The zero-order valence-corrected chi connectivity index (χ0v) is 13.4. The number of benzene rings is 3. The average Bonchev–Trinajstić information content (AvgIpc) is 2.55. The average molecular weight is 297 g/mol. The SMILES string of the molecule is C#Cc1cccc(-c2ccc(Nc3cc(C)cc(C)c3)cc2)c1. The largest absolute Gasteiger partial charge is 0.356 e. The van der Waals surface area contributed by atoms with Gasteiger partial charge in [-0.2, -0.15) is 0 Å². The van der Waals surface area contributed by atoms with Crippen LogP contribution in [0.25, 0.3) is 11.1 Å². The Labute approximate surface area is 138 Å². The molecule has 0 radical (unpaired) electrons. The fourth-order valence-electron chi connectivity index (χ4n) is 2.75. The summed E-state index contributed by atoms with van der Waals surface area (Å²) < 4.78 is 0. The smallest absolute Gasteiger partial charge is 0.0389 e. The number of terminal acetylenes is 1. The van der Waals surface area contributed by atoms with Gasteiger partial charge in [0.2, 0.25) is 0 Å². The second-order valence-electron chi connectivity index (χ2n) is 5.80. The third kappa shape index (κ3) is 3.62. The number of hydrogen-bond acceptors (Lipinski definition) is 1. The molecule has 23 heavy (non-hydrogen) atoms. The van der Waals surface area contributed by atoms with Crippen molar-refractivity contribution in [3.63, 3.8) is 0 Å². The maximum atomic E-state index is 5.47. The molecule has 0 atom stereocenters. The molecule has 1 N–H and O–H groups in total. The summed E-state index contributed by atoms with van der Waals surface area (Å²) in [6.45, 7) is 4.22. The van der Waals surface area contributed by atoms with Crippen LogP contribution in [0.3, 0.4) is 0 Å². The van der Waals surface area contributed by atoms with Crippen LogP contribution in [0.4, 0.5) is 11.4 Å². The van der Waals surface area contributed by atoms with Crippen molar-refractivity contribution in [3.05, 3.63) is 83.4 Å². The van der Waals surface area contributed by atoms with Crippen molar-refractivity contribution < 1.29 is 0 Å². The maximum absolute atomic E-state index is 5.47. The van der Waals surface area contributed by atoms with Crippen molar-refractivity contribution in [2.45, 2.75) is 13.8 Å². The number of aryl methyl sites for hydroxylation is 2. The number of rotatable bonds is 3. The topological polar surface area (TPSA) is 12.0 Å². The van der Waals surface area contributed by atoms with Crippen LogP contribution < -0.4 is 5.32 Å². The zero-order valence-electron chi connectivity index (χ0n) is 13.4. The second kappa shape index (κ2) is 6.42. The Morgan fingerprint density at radius 2 is 1.43 bits per heavy atom. The standard InChI is InChI=1S/C22H19N/c1-4-18-6-5-7-20(15-18)19-8-10-21(11-9-19)23-22-13-16(2)12-17(3)14-22/h1,5-15,23H,2-3H3. The molecule has 3 rings (SSSR count). The third-order valence-corrected chi connectivity index (χ3v) is 3.76. The molecule has 1 heteroatoms. The van der Waals surface area contributed by atoms with Gasteiger partial charge in [-0.1, -0.05) is 36.3 Å². The van der Waals surface area contributed by atoms with E-state index in [4.69, 9.17) is 6.42 Å². The van der Waals surface area contributed by atoms with Crippen molar-refractivity contribution in [1.82, 2.24) is 0 Å². The maximum Gasteiger partial charge on any atom is 0.0389 e. The first kappa shape index (κ1) is 14.9. The molecule has 0 saturated carbocycles. The second-order valence-corrected chi connectivity index (χ2v) is 5.80. The van der Waals surface area contributed by atoms with E-state index < -0.39 is 0 Å². The summed E-state index contributed by atoms with van der Waals surface area (Å²) in [5.41, 5.74) is 7.91. The Bertz CT molecular complexity index is 847. The molecule has 0 spiro atoms. The van der Waals surface area contributed by atoms with Gasteiger partial charge in [0.05, 0.1) is 0 Å². The van der Waals surface area contributed by atoms with Gasteiger partial charge >= 0.3 is 0 Å². The van der Waals surface area contributed by atoms with E-state index in [-0.39, 0.29) is 0 Å². The predicted molar refractivity (Wildman–Crippen MR) is 99.0 cm³/mol. The molecule has 3 aromatic rings. The van der Waals surface area contributed by atoms with Crippen molar-refractivity contribution in [2.24, 2.45) is 0 Å². The van der Waals surface area contributed by atoms with Crippen LogP contribution in [-0.2, 0) is 0 Å². The van der Waals surface area contributed by atoms with Crippen LogP contribution in [-0.4, -0.2) is 0 Å². The van der Waals surface area contributed by atoms with Crippen LogP contribution in [0, 0.1) is 26.2 Å². The molecule has 0 fully saturated rings. The molecule has 3 aromatic carbocycles. The Balaban J connectivity index is 1.83. The Morgan fingerprint density at radius 1 is 0.739 bits per heavy atom. The lowest BCUT2D eigenvalue weighted by Crippen LogP contribution is -1.92. The molecule has 0 aliphatic rings. The quantitative estimate of drug-likeness (QED) is 0.612. The molecule has 0 heterocycles. The highest BCUT2D eigenvalue weighted by atomic mass is 14.9. The first-order chi connectivity index (χ1) is 11.1. The summed E-state index contributed by atoms with van der Waals surface area (Å²) in [5, 5.41) is 3.45. The Hall–Kier alpha value is -2.98. The first-order valence-electron chi connectivity index (χ1n) is 7.66. The molecule has 0 saturated heterocycles. The van der Waals surface area contributed by atoms with Crippen molar-refractivity contribution in [3.8, 4) is 23.5 Å². The van der Waals surface area contributed by atoms with Gasteiger partial charge in [0, 0.05) is 16.9 Å². The van der Waals surface area contributed by atoms with Gasteiger partial charge in [0.15, 0.2) is 0 Å². The van der Waals surface area contributed by atoms with Crippen molar-refractivity contribution in [1.29, 1.82) is 0 Å². The van der Waals surface area contributed by atoms with Crippen LogP contribution >= 0.6 is 0 Å². The van der Waals surface area contributed by atoms with E-state index in [2.05, 4.69) is 73.6 Å². The molecule has 0 aromatic heterocycles. The Morgan fingerprint density at radius 3 is 2.09 bits per heavy atom. The minimum atomic E-state index is 0.903. The summed E-state index contributed by atoms with van der Waals surface area (Å²) in [4.78, 5) is 0. The monoisotopic (exact) mass is 297 g/mol. The van der Waals surface area contributed by atoms with E-state index in [1.54, 1.807) is 0 Å². The minimum absolute atomic E-state index is 0.903. The molecule has 0 aliphatic heterocycles. The molecule has 0 bridgehead atoms. The van der Waals surface area contributed by atoms with Gasteiger partial charge in [-0.25, -0.2) is 0 Å². The molecule has 1 nitrogen and oxygen atoms in total. The van der Waals surface area contributed by atoms with Gasteiger partial charge in [-0.05, 0) is 72.5 Å². The Kier molecular flexibility index (Phi) is 4.17. The van der Waals surface area contributed by atoms with Gasteiger partial charge < -0.3 is 5.32 Å². The summed E-state index contributed by atoms with van der Waals surface area (Å²) in [5.74, 6) is 2.68. The van der Waals surface area contributed by atoms with Crippen LogP contribution in [0.1, 0.15) is 16.7 Å². The van der Waals surface area contributed by atoms with Gasteiger partial charge in [0.25, 0.3) is 0 Å². The van der Waals surface area contributed by atoms with Gasteiger partial charge in [-0.15, -0.1) is 6.42 Å². The lowest BCUT2D eigenvalue weighted by atomic mass is 10.0. The molecule has 0 amide bonds. The fraction of sp³-hybridized carbons (Fsp3) is 0.0909. The van der Waals surface area contributed by atoms with E-state index >= 15 is 0 Å².